The first-order valence-electron chi connectivity index (χ1n) is 8.91. The van der Waals surface area contributed by atoms with E-state index in [4.69, 9.17) is 9.47 Å². The van der Waals surface area contributed by atoms with Crippen molar-refractivity contribution >= 4 is 11.9 Å². The normalized spacial score (nSPS) is 25.4. The summed E-state index contributed by atoms with van der Waals surface area (Å²) in [5, 5.41) is 0. The Morgan fingerprint density at radius 3 is 2.28 bits per heavy atom. The minimum atomic E-state index is -0.698. The summed E-state index contributed by atoms with van der Waals surface area (Å²) in [5.41, 5.74) is -0.802. The van der Waals surface area contributed by atoms with Crippen LogP contribution < -0.4 is 0 Å². The first-order chi connectivity index (χ1) is 11.5. The summed E-state index contributed by atoms with van der Waals surface area (Å²) in [6.45, 7) is 11.7. The average molecular weight is 346 g/mol. The number of carbonyl (C=O) groups excluding carboxylic acids is 2. The van der Waals surface area contributed by atoms with E-state index >= 15 is 0 Å². The largest absolute Gasteiger partial charge is 0.461 e. The molecule has 1 aromatic rings. The molecule has 0 aliphatic heterocycles. The van der Waals surface area contributed by atoms with E-state index in [1.54, 1.807) is 0 Å². The van der Waals surface area contributed by atoms with Crippen molar-refractivity contribution in [3.63, 3.8) is 0 Å². The molecule has 0 bridgehead atoms. The van der Waals surface area contributed by atoms with Gasteiger partial charge in [0.25, 0.3) is 0 Å². The Bertz CT molecular complexity index is 627. The lowest BCUT2D eigenvalue weighted by molar-refractivity contribution is -0.175. The van der Waals surface area contributed by atoms with Crippen molar-refractivity contribution in [2.45, 2.75) is 66.6 Å². The number of hydrogen-bond donors (Lipinski definition) is 0. The highest BCUT2D eigenvalue weighted by Gasteiger charge is 2.59. The zero-order valence-electron chi connectivity index (χ0n) is 16.2. The molecular formula is C21H30O4. The van der Waals surface area contributed by atoms with E-state index in [1.165, 1.54) is 0 Å². The van der Waals surface area contributed by atoms with E-state index in [0.717, 1.165) is 5.56 Å². The molecule has 1 saturated carbocycles. The molecule has 0 heterocycles. The van der Waals surface area contributed by atoms with Gasteiger partial charge in [-0.2, -0.15) is 0 Å². The minimum Gasteiger partial charge on any atom is -0.461 e. The second kappa shape index (κ2) is 6.81. The number of benzene rings is 1. The maximum absolute atomic E-state index is 12.8. The Hall–Kier alpha value is -1.84. The van der Waals surface area contributed by atoms with Gasteiger partial charge in [0.2, 0.25) is 0 Å². The smallest absolute Gasteiger partial charge is 0.312 e. The summed E-state index contributed by atoms with van der Waals surface area (Å²) in [6.07, 6.45) is 1.26. The van der Waals surface area contributed by atoms with Crippen molar-refractivity contribution < 1.29 is 19.1 Å². The zero-order chi connectivity index (χ0) is 18.9. The van der Waals surface area contributed by atoms with Gasteiger partial charge in [-0.1, -0.05) is 44.2 Å². The van der Waals surface area contributed by atoms with Crippen LogP contribution in [0.25, 0.3) is 0 Å². The Kier molecular flexibility index (Phi) is 5.31. The molecule has 2 rings (SSSR count). The summed E-state index contributed by atoms with van der Waals surface area (Å²) in [6, 6.07) is 9.62. The van der Waals surface area contributed by atoms with Crippen molar-refractivity contribution in [1.29, 1.82) is 0 Å². The number of rotatable bonds is 4. The van der Waals surface area contributed by atoms with Gasteiger partial charge in [-0.05, 0) is 51.5 Å². The SMILES string of the molecule is CC(C)(C)OC(=O)C1(C)CCC(C(=O)OCc2ccccc2)C1(C)C. The fourth-order valence-corrected chi connectivity index (χ4v) is 3.50. The van der Waals surface area contributed by atoms with Crippen molar-refractivity contribution in [2.24, 2.45) is 16.7 Å². The summed E-state index contributed by atoms with van der Waals surface area (Å²) < 4.78 is 11.2. The lowest BCUT2D eigenvalue weighted by atomic mass is 9.65. The molecule has 0 aromatic heterocycles. The predicted molar refractivity (Wildman–Crippen MR) is 96.7 cm³/mol. The van der Waals surface area contributed by atoms with Gasteiger partial charge in [0.1, 0.15) is 12.2 Å². The lowest BCUT2D eigenvalue weighted by Gasteiger charge is -2.40. The van der Waals surface area contributed by atoms with Gasteiger partial charge in [0, 0.05) is 0 Å². The van der Waals surface area contributed by atoms with Gasteiger partial charge >= 0.3 is 11.9 Å². The van der Waals surface area contributed by atoms with Crippen LogP contribution in [0.1, 0.15) is 59.9 Å². The second-order valence-electron chi connectivity index (χ2n) is 8.74. The average Bonchev–Trinajstić information content (AvgIpc) is 2.76. The van der Waals surface area contributed by atoms with Crippen LogP contribution in [-0.4, -0.2) is 17.5 Å². The maximum atomic E-state index is 12.8. The predicted octanol–water partition coefficient (Wildman–Crippen LogP) is 4.51. The summed E-state index contributed by atoms with van der Waals surface area (Å²) in [4.78, 5) is 25.4. The Morgan fingerprint density at radius 1 is 1.12 bits per heavy atom. The van der Waals surface area contributed by atoms with Gasteiger partial charge in [0.15, 0.2) is 0 Å². The molecule has 4 heteroatoms. The zero-order valence-corrected chi connectivity index (χ0v) is 16.2. The topological polar surface area (TPSA) is 52.6 Å². The number of hydrogen-bond acceptors (Lipinski definition) is 4. The van der Waals surface area contributed by atoms with Crippen molar-refractivity contribution in [3.8, 4) is 0 Å². The third kappa shape index (κ3) is 4.05. The molecule has 2 atom stereocenters. The number of carbonyl (C=O) groups is 2. The van der Waals surface area contributed by atoms with Crippen molar-refractivity contribution in [3.05, 3.63) is 35.9 Å². The van der Waals surface area contributed by atoms with Crippen LogP contribution in [0.15, 0.2) is 30.3 Å². The summed E-state index contributed by atoms with van der Waals surface area (Å²) in [5.74, 6) is -0.779. The minimum absolute atomic E-state index is 0.233. The molecule has 0 radical (unpaired) electrons. The molecule has 4 nitrogen and oxygen atoms in total. The molecule has 1 aromatic carbocycles. The van der Waals surface area contributed by atoms with Gasteiger partial charge in [0.05, 0.1) is 11.3 Å². The highest BCUT2D eigenvalue weighted by molar-refractivity contribution is 5.82. The molecule has 0 spiro atoms. The van der Waals surface area contributed by atoms with E-state index < -0.39 is 16.4 Å². The molecule has 138 valence electrons. The molecule has 0 saturated heterocycles. The fourth-order valence-electron chi connectivity index (χ4n) is 3.50. The molecule has 2 unspecified atom stereocenters. The molecule has 1 aliphatic rings. The molecular weight excluding hydrogens is 316 g/mol. The fraction of sp³-hybridized carbons (Fsp3) is 0.619. The third-order valence-corrected chi connectivity index (χ3v) is 5.58. The van der Waals surface area contributed by atoms with Crippen LogP contribution in [-0.2, 0) is 25.7 Å². The first-order valence-corrected chi connectivity index (χ1v) is 8.91. The highest BCUT2D eigenvalue weighted by Crippen LogP contribution is 2.57. The standard InChI is InChI=1S/C21H30O4/c1-19(2,3)25-18(23)21(6)13-12-16(20(21,4)5)17(22)24-14-15-10-8-7-9-11-15/h7-11,16H,12-14H2,1-6H3. The van der Waals surface area contributed by atoms with Crippen molar-refractivity contribution in [1.82, 2.24) is 0 Å². The highest BCUT2D eigenvalue weighted by atomic mass is 16.6. The summed E-state index contributed by atoms with van der Waals surface area (Å²) >= 11 is 0. The van der Waals surface area contributed by atoms with Crippen LogP contribution in [0.2, 0.25) is 0 Å². The number of ether oxygens (including phenoxy) is 2. The lowest BCUT2D eigenvalue weighted by Crippen LogP contribution is -2.45. The van der Waals surface area contributed by atoms with Crippen LogP contribution in [0.5, 0.6) is 0 Å². The summed E-state index contributed by atoms with van der Waals surface area (Å²) in [7, 11) is 0. The van der Waals surface area contributed by atoms with Crippen molar-refractivity contribution in [2.75, 3.05) is 0 Å². The Labute approximate surface area is 150 Å². The van der Waals surface area contributed by atoms with E-state index in [1.807, 2.05) is 71.9 Å². The Balaban J connectivity index is 2.08. The van der Waals surface area contributed by atoms with Crippen LogP contribution in [0, 0.1) is 16.7 Å². The second-order valence-corrected chi connectivity index (χ2v) is 8.74. The van der Waals surface area contributed by atoms with Gasteiger partial charge < -0.3 is 9.47 Å². The monoisotopic (exact) mass is 346 g/mol. The van der Waals surface area contributed by atoms with E-state index in [9.17, 15) is 9.59 Å². The number of esters is 2. The van der Waals surface area contributed by atoms with E-state index in [0.29, 0.717) is 12.8 Å². The maximum Gasteiger partial charge on any atom is 0.312 e. The first kappa shape index (κ1) is 19.5. The third-order valence-electron chi connectivity index (χ3n) is 5.58. The molecule has 1 fully saturated rings. The Morgan fingerprint density at radius 2 is 1.72 bits per heavy atom. The van der Waals surface area contributed by atoms with Crippen LogP contribution >= 0.6 is 0 Å². The van der Waals surface area contributed by atoms with Crippen LogP contribution in [0.4, 0.5) is 0 Å². The molecule has 1 aliphatic carbocycles. The quantitative estimate of drug-likeness (QED) is 0.753. The molecule has 25 heavy (non-hydrogen) atoms. The van der Waals surface area contributed by atoms with Crippen LogP contribution in [0.3, 0.4) is 0 Å². The van der Waals surface area contributed by atoms with E-state index in [2.05, 4.69) is 0 Å². The van der Waals surface area contributed by atoms with Gasteiger partial charge in [-0.25, -0.2) is 0 Å². The molecule has 0 N–H and O–H groups in total. The van der Waals surface area contributed by atoms with E-state index in [-0.39, 0.29) is 24.5 Å². The van der Waals surface area contributed by atoms with Gasteiger partial charge in [-0.3, -0.25) is 9.59 Å². The molecule has 0 amide bonds. The van der Waals surface area contributed by atoms with Gasteiger partial charge in [-0.15, -0.1) is 0 Å².